The molecule has 0 spiro atoms. The summed E-state index contributed by atoms with van der Waals surface area (Å²) in [7, 11) is 0. The van der Waals surface area contributed by atoms with Crippen LogP contribution < -0.4 is 0 Å². The van der Waals surface area contributed by atoms with Crippen LogP contribution in [0.15, 0.2) is 60.7 Å². The van der Waals surface area contributed by atoms with Crippen molar-refractivity contribution >= 4 is 5.97 Å². The van der Waals surface area contributed by atoms with Gasteiger partial charge in [0, 0.05) is 23.7 Å². The number of aromatic nitrogens is 3. The topological polar surface area (TPSA) is 57.0 Å². The fourth-order valence-electron chi connectivity index (χ4n) is 8.56. The Morgan fingerprint density at radius 2 is 1.39 bits per heavy atom. The molecule has 3 atom stereocenters. The van der Waals surface area contributed by atoms with Crippen LogP contribution in [0.1, 0.15) is 79.4 Å². The summed E-state index contributed by atoms with van der Waals surface area (Å²) in [6.45, 7) is 0. The third kappa shape index (κ3) is 3.86. The van der Waals surface area contributed by atoms with Crippen LogP contribution in [0.2, 0.25) is 0 Å². The summed E-state index contributed by atoms with van der Waals surface area (Å²) in [5, 5.41) is 9.28. The molecule has 3 aromatic rings. The Bertz CT molecular complexity index is 1300. The summed E-state index contributed by atoms with van der Waals surface area (Å²) in [6.07, 6.45) is 0.845. The third-order valence-electron chi connectivity index (χ3n) is 9.55. The molecule has 1 aliphatic heterocycles. The number of halogens is 3. The molecular weight excluding hydrogens is 491 g/mol. The highest BCUT2D eigenvalue weighted by atomic mass is 19.4. The number of nitrogens with zero attached hydrogens (tertiary/aromatic N) is 3. The van der Waals surface area contributed by atoms with Crippen LogP contribution in [0.4, 0.5) is 13.2 Å². The number of fused-ring (bicyclic) bond motifs is 1. The van der Waals surface area contributed by atoms with Crippen molar-refractivity contribution in [3.05, 3.63) is 83.4 Å². The number of hydrogen-bond donors (Lipinski definition) is 0. The monoisotopic (exact) mass is 521 g/mol. The van der Waals surface area contributed by atoms with Crippen molar-refractivity contribution in [2.75, 3.05) is 0 Å². The van der Waals surface area contributed by atoms with Gasteiger partial charge < -0.3 is 4.74 Å². The molecule has 0 N–H and O–H groups in total. The van der Waals surface area contributed by atoms with Gasteiger partial charge in [-0.3, -0.25) is 4.57 Å². The minimum atomic E-state index is -5.10. The van der Waals surface area contributed by atoms with E-state index in [0.29, 0.717) is 30.0 Å². The SMILES string of the molecule is O=C(OC1C(c2ccccc2)C(c2ccccc2)Cc2nnc(C34CC5CC(CC(C5)C3)C4)n21)C(F)(F)F. The zero-order valence-corrected chi connectivity index (χ0v) is 21.0. The summed E-state index contributed by atoms with van der Waals surface area (Å²) in [6, 6.07) is 19.2. The molecule has 0 radical (unpaired) electrons. The Morgan fingerprint density at radius 3 is 1.95 bits per heavy atom. The highest BCUT2D eigenvalue weighted by Gasteiger charge is 2.56. The molecule has 5 aliphatic rings. The highest BCUT2D eigenvalue weighted by Crippen LogP contribution is 2.61. The molecule has 4 fully saturated rings. The maximum Gasteiger partial charge on any atom is 0.491 e. The largest absolute Gasteiger partial charge is 0.491 e. The van der Waals surface area contributed by atoms with Crippen molar-refractivity contribution in [1.82, 2.24) is 14.8 Å². The summed E-state index contributed by atoms with van der Waals surface area (Å²) < 4.78 is 48.2. The van der Waals surface area contributed by atoms with Gasteiger partial charge in [-0.25, -0.2) is 4.79 Å². The Balaban J connectivity index is 1.40. The second kappa shape index (κ2) is 8.68. The smallest absolute Gasteiger partial charge is 0.434 e. The first-order chi connectivity index (χ1) is 18.3. The number of benzene rings is 2. The van der Waals surface area contributed by atoms with Crippen LogP contribution in [0.5, 0.6) is 0 Å². The summed E-state index contributed by atoms with van der Waals surface area (Å²) in [5.74, 6) is 0.249. The van der Waals surface area contributed by atoms with Gasteiger partial charge >= 0.3 is 12.1 Å². The molecule has 4 bridgehead atoms. The van der Waals surface area contributed by atoms with Crippen LogP contribution in [0, 0.1) is 17.8 Å². The predicted molar refractivity (Wildman–Crippen MR) is 133 cm³/mol. The standard InChI is InChI=1S/C30H30F3N3O2/c31-30(32,33)28(37)38-26-25(22-9-5-2-6-10-22)23(21-7-3-1-4-8-21)14-24-34-35-27(36(24)26)29-15-18-11-19(16-29)13-20(12-18)17-29/h1-10,18-20,23,25-26H,11-17H2. The van der Waals surface area contributed by atoms with E-state index in [1.54, 1.807) is 4.57 Å². The van der Waals surface area contributed by atoms with Crippen LogP contribution in [-0.4, -0.2) is 26.9 Å². The molecule has 8 rings (SSSR count). The third-order valence-corrected chi connectivity index (χ3v) is 9.55. The minimum Gasteiger partial charge on any atom is -0.434 e. The van der Waals surface area contributed by atoms with Crippen LogP contribution in [-0.2, 0) is 21.4 Å². The molecule has 8 heteroatoms. The molecule has 2 aromatic carbocycles. The lowest BCUT2D eigenvalue weighted by molar-refractivity contribution is -0.212. The number of esters is 1. The normalized spacial score (nSPS) is 33.7. The maximum absolute atomic E-state index is 13.7. The quantitative estimate of drug-likeness (QED) is 0.369. The summed E-state index contributed by atoms with van der Waals surface area (Å²) >= 11 is 0. The van der Waals surface area contributed by atoms with E-state index in [4.69, 9.17) is 9.84 Å². The van der Waals surface area contributed by atoms with Gasteiger partial charge in [0.2, 0.25) is 0 Å². The van der Waals surface area contributed by atoms with Gasteiger partial charge in [0.15, 0.2) is 6.23 Å². The van der Waals surface area contributed by atoms with E-state index in [1.807, 2.05) is 60.7 Å². The van der Waals surface area contributed by atoms with E-state index in [-0.39, 0.29) is 11.3 Å². The Hall–Kier alpha value is -3.16. The molecule has 198 valence electrons. The average molecular weight is 522 g/mol. The van der Waals surface area contributed by atoms with Crippen molar-refractivity contribution in [3.8, 4) is 0 Å². The molecule has 5 nitrogen and oxygen atoms in total. The second-order valence-electron chi connectivity index (χ2n) is 12.0. The van der Waals surface area contributed by atoms with Gasteiger partial charge in [0.05, 0.1) is 0 Å². The first kappa shape index (κ1) is 23.9. The number of rotatable bonds is 4. The minimum absolute atomic E-state index is 0.219. The molecule has 4 saturated carbocycles. The number of carbonyl (C=O) groups is 1. The maximum atomic E-state index is 13.7. The molecule has 4 aliphatic carbocycles. The molecular formula is C30H30F3N3O2. The summed E-state index contributed by atoms with van der Waals surface area (Å²) in [4.78, 5) is 12.4. The van der Waals surface area contributed by atoms with Gasteiger partial charge in [-0.2, -0.15) is 13.2 Å². The van der Waals surface area contributed by atoms with Crippen LogP contribution in [0.3, 0.4) is 0 Å². The Morgan fingerprint density at radius 1 is 0.842 bits per heavy atom. The van der Waals surface area contributed by atoms with Crippen LogP contribution >= 0.6 is 0 Å². The first-order valence-corrected chi connectivity index (χ1v) is 13.6. The van der Waals surface area contributed by atoms with Gasteiger partial charge in [-0.05, 0) is 67.4 Å². The zero-order valence-electron chi connectivity index (χ0n) is 21.0. The van der Waals surface area contributed by atoms with Crippen molar-refractivity contribution in [1.29, 1.82) is 0 Å². The first-order valence-electron chi connectivity index (χ1n) is 13.6. The van der Waals surface area contributed by atoms with E-state index in [2.05, 4.69) is 5.10 Å². The highest BCUT2D eigenvalue weighted by molar-refractivity contribution is 5.75. The van der Waals surface area contributed by atoms with Crippen molar-refractivity contribution < 1.29 is 22.7 Å². The van der Waals surface area contributed by atoms with E-state index in [9.17, 15) is 18.0 Å². The zero-order chi connectivity index (χ0) is 26.1. The van der Waals surface area contributed by atoms with E-state index >= 15 is 0 Å². The fourth-order valence-corrected chi connectivity index (χ4v) is 8.56. The molecule has 3 unspecified atom stereocenters. The molecule has 38 heavy (non-hydrogen) atoms. The average Bonchev–Trinajstić information content (AvgIpc) is 3.33. The number of alkyl halides is 3. The fraction of sp³-hybridized carbons (Fsp3) is 0.500. The molecule has 2 heterocycles. The van der Waals surface area contributed by atoms with Crippen molar-refractivity contribution in [3.63, 3.8) is 0 Å². The van der Waals surface area contributed by atoms with E-state index in [0.717, 1.165) is 36.2 Å². The lowest BCUT2D eigenvalue weighted by Gasteiger charge is -2.56. The second-order valence-corrected chi connectivity index (χ2v) is 12.0. The number of carbonyl (C=O) groups excluding carboxylic acids is 1. The molecule has 0 amide bonds. The number of ether oxygens (including phenoxy) is 1. The Kier molecular flexibility index (Phi) is 5.46. The van der Waals surface area contributed by atoms with Gasteiger partial charge in [0.1, 0.15) is 11.6 Å². The van der Waals surface area contributed by atoms with E-state index in [1.165, 1.54) is 19.3 Å². The summed E-state index contributed by atoms with van der Waals surface area (Å²) in [5.41, 5.74) is 1.58. The Labute approximate surface area is 219 Å². The van der Waals surface area contributed by atoms with Crippen molar-refractivity contribution in [2.24, 2.45) is 17.8 Å². The number of hydrogen-bond acceptors (Lipinski definition) is 4. The van der Waals surface area contributed by atoms with Crippen LogP contribution in [0.25, 0.3) is 0 Å². The molecule has 0 saturated heterocycles. The van der Waals surface area contributed by atoms with Gasteiger partial charge in [0.25, 0.3) is 0 Å². The lowest BCUT2D eigenvalue weighted by Crippen LogP contribution is -2.50. The van der Waals surface area contributed by atoms with E-state index < -0.39 is 24.3 Å². The lowest BCUT2D eigenvalue weighted by atomic mass is 9.49. The predicted octanol–water partition coefficient (Wildman–Crippen LogP) is 6.47. The van der Waals surface area contributed by atoms with Crippen molar-refractivity contribution in [2.45, 2.75) is 74.6 Å². The van der Waals surface area contributed by atoms with Gasteiger partial charge in [-0.1, -0.05) is 60.7 Å². The molecule has 1 aromatic heterocycles. The van der Waals surface area contributed by atoms with Gasteiger partial charge in [-0.15, -0.1) is 10.2 Å².